The molecule has 2 aliphatic rings. The largest absolute Gasteiger partial charge is 0.497 e. The molecule has 1 amide bonds. The van der Waals surface area contributed by atoms with Crippen LogP contribution in [0.25, 0.3) is 0 Å². The monoisotopic (exact) mass is 653 g/mol. The Kier molecular flexibility index (Phi) is 11.3. The Bertz CT molecular complexity index is 1450. The lowest BCUT2D eigenvalue weighted by molar-refractivity contribution is 0.0543. The second-order valence-electron chi connectivity index (χ2n) is 11.9. The third kappa shape index (κ3) is 9.14. The molecule has 2 fully saturated rings. The second-order valence-corrected chi connectivity index (χ2v) is 15.6. The summed E-state index contributed by atoms with van der Waals surface area (Å²) in [5, 5.41) is 14.2. The molecule has 0 spiro atoms. The predicted molar refractivity (Wildman–Crippen MR) is 164 cm³/mol. The number of methoxy groups -OCH3 is 1. The van der Waals surface area contributed by atoms with Gasteiger partial charge < -0.3 is 24.6 Å². The molecule has 44 heavy (non-hydrogen) atoms. The third-order valence-electron chi connectivity index (χ3n) is 7.88. The average Bonchev–Trinajstić information content (AvgIpc) is 3.52. The number of aliphatic hydroxyl groups is 1. The van der Waals surface area contributed by atoms with Gasteiger partial charge in [-0.1, -0.05) is 44.2 Å². The SMILES string of the molecule is COc1ccc(S(=O)(=O)N(CC(C)C)C[C@@H](O)[C@H](Cc2ccccc2)NC(=O)O[C@@H]2C[C@@H]3[C@H](NS(C)(=O)=O)CO[C@@H]3C2)cc1. The van der Waals surface area contributed by atoms with E-state index in [1.807, 2.05) is 44.2 Å². The van der Waals surface area contributed by atoms with Crippen molar-refractivity contribution >= 4 is 26.1 Å². The lowest BCUT2D eigenvalue weighted by Gasteiger charge is -2.31. The smallest absolute Gasteiger partial charge is 0.407 e. The zero-order chi connectivity index (χ0) is 32.1. The first kappa shape index (κ1) is 34.1. The molecule has 14 heteroatoms. The highest BCUT2D eigenvalue weighted by molar-refractivity contribution is 7.89. The third-order valence-corrected chi connectivity index (χ3v) is 10.5. The second kappa shape index (κ2) is 14.6. The van der Waals surface area contributed by atoms with Gasteiger partial charge in [0, 0.05) is 25.4 Å². The number of aliphatic hydroxyl groups excluding tert-OH is 1. The summed E-state index contributed by atoms with van der Waals surface area (Å²) in [4.78, 5) is 13.2. The molecule has 0 bridgehead atoms. The topological polar surface area (TPSA) is 161 Å². The van der Waals surface area contributed by atoms with Crippen LogP contribution in [0.1, 0.15) is 32.3 Å². The van der Waals surface area contributed by atoms with Crippen molar-refractivity contribution in [3.8, 4) is 5.75 Å². The van der Waals surface area contributed by atoms with Gasteiger partial charge in [-0.2, -0.15) is 4.31 Å². The number of hydrogen-bond acceptors (Lipinski definition) is 9. The minimum Gasteiger partial charge on any atom is -0.497 e. The highest BCUT2D eigenvalue weighted by atomic mass is 32.2. The summed E-state index contributed by atoms with van der Waals surface area (Å²) < 4.78 is 71.2. The minimum absolute atomic E-state index is 0.0363. The standard InChI is InChI=1S/C30H43N3O9S2/c1-20(2)17-33(44(38,39)24-12-10-22(40-3)11-13-24)18-28(34)26(14-21-8-6-5-7-9-21)31-30(35)42-23-15-25-27(32-43(4,36)37)19-41-29(25)16-23/h5-13,20,23,25-29,32,34H,14-19H2,1-4H3,(H,31,35)/t23-,25-,26+,27-,28-,29-/m1/s1. The number of carbonyl (C=O) groups is 1. The van der Waals surface area contributed by atoms with Crippen molar-refractivity contribution in [2.45, 2.75) is 68.4 Å². The highest BCUT2D eigenvalue weighted by Crippen LogP contribution is 2.38. The van der Waals surface area contributed by atoms with Crippen LogP contribution < -0.4 is 14.8 Å². The van der Waals surface area contributed by atoms with Crippen molar-refractivity contribution in [1.82, 2.24) is 14.3 Å². The fourth-order valence-electron chi connectivity index (χ4n) is 5.84. The number of carbonyl (C=O) groups excluding carboxylic acids is 1. The lowest BCUT2D eigenvalue weighted by Crippen LogP contribution is -2.51. The summed E-state index contributed by atoms with van der Waals surface area (Å²) >= 11 is 0. The summed E-state index contributed by atoms with van der Waals surface area (Å²) in [6, 6.07) is 14.0. The number of rotatable bonds is 14. The molecule has 1 aliphatic carbocycles. The van der Waals surface area contributed by atoms with E-state index in [4.69, 9.17) is 14.2 Å². The molecule has 3 N–H and O–H groups in total. The van der Waals surface area contributed by atoms with Crippen LogP contribution in [0.2, 0.25) is 0 Å². The number of nitrogens with one attached hydrogen (secondary N) is 2. The Morgan fingerprint density at radius 2 is 1.73 bits per heavy atom. The Morgan fingerprint density at radius 1 is 1.05 bits per heavy atom. The van der Waals surface area contributed by atoms with Gasteiger partial charge in [0.15, 0.2) is 0 Å². The fourth-order valence-corrected chi connectivity index (χ4v) is 8.26. The van der Waals surface area contributed by atoms with Crippen LogP contribution in [0, 0.1) is 11.8 Å². The van der Waals surface area contributed by atoms with E-state index >= 15 is 0 Å². The van der Waals surface area contributed by atoms with E-state index in [2.05, 4.69) is 10.0 Å². The van der Waals surface area contributed by atoms with Crippen LogP contribution in [-0.2, 0) is 35.9 Å². The van der Waals surface area contributed by atoms with Gasteiger partial charge in [-0.05, 0) is 48.6 Å². The zero-order valence-corrected chi connectivity index (χ0v) is 27.1. The van der Waals surface area contributed by atoms with E-state index in [0.717, 1.165) is 11.8 Å². The summed E-state index contributed by atoms with van der Waals surface area (Å²) in [6.45, 7) is 3.93. The van der Waals surface area contributed by atoms with Gasteiger partial charge in [0.1, 0.15) is 11.9 Å². The molecule has 2 aromatic rings. The Balaban J connectivity index is 1.47. The summed E-state index contributed by atoms with van der Waals surface area (Å²) in [6.07, 6.45) is -0.580. The molecule has 4 rings (SSSR count). The highest BCUT2D eigenvalue weighted by Gasteiger charge is 2.47. The molecule has 6 atom stereocenters. The normalized spacial score (nSPS) is 23.3. The molecule has 0 aromatic heterocycles. The fraction of sp³-hybridized carbons (Fsp3) is 0.567. The summed E-state index contributed by atoms with van der Waals surface area (Å²) in [5.41, 5.74) is 0.837. The first-order chi connectivity index (χ1) is 20.7. The van der Waals surface area contributed by atoms with E-state index < -0.39 is 44.4 Å². The van der Waals surface area contributed by atoms with Gasteiger partial charge in [-0.15, -0.1) is 0 Å². The molecular weight excluding hydrogens is 610 g/mol. The Hall–Kier alpha value is -2.75. The van der Waals surface area contributed by atoms with Crippen LogP contribution in [0.3, 0.4) is 0 Å². The number of nitrogens with zero attached hydrogens (tertiary/aromatic N) is 1. The molecule has 244 valence electrons. The number of fused-ring (bicyclic) bond motifs is 1. The van der Waals surface area contributed by atoms with Gasteiger partial charge in [-0.3, -0.25) is 0 Å². The first-order valence-corrected chi connectivity index (χ1v) is 18.0. The first-order valence-electron chi connectivity index (χ1n) is 14.7. The van der Waals surface area contributed by atoms with Crippen LogP contribution >= 0.6 is 0 Å². The van der Waals surface area contributed by atoms with Crippen LogP contribution in [0.4, 0.5) is 4.79 Å². The molecule has 12 nitrogen and oxygen atoms in total. The van der Waals surface area contributed by atoms with Gasteiger partial charge in [0.2, 0.25) is 20.0 Å². The van der Waals surface area contributed by atoms with Crippen molar-refractivity contribution in [2.24, 2.45) is 11.8 Å². The molecule has 1 aliphatic heterocycles. The number of alkyl carbamates (subject to hydrolysis) is 1. The van der Waals surface area contributed by atoms with E-state index in [1.165, 1.54) is 23.5 Å². The molecule has 1 heterocycles. The van der Waals surface area contributed by atoms with Crippen LogP contribution in [-0.4, -0.2) is 95.8 Å². The van der Waals surface area contributed by atoms with Crippen molar-refractivity contribution in [2.75, 3.05) is 33.1 Å². The Morgan fingerprint density at radius 3 is 2.34 bits per heavy atom. The maximum atomic E-state index is 13.7. The molecule has 2 aromatic carbocycles. The number of sulfonamides is 2. The van der Waals surface area contributed by atoms with Gasteiger partial charge in [0.25, 0.3) is 0 Å². The van der Waals surface area contributed by atoms with Crippen molar-refractivity contribution in [3.05, 3.63) is 60.2 Å². The Labute approximate surface area is 260 Å². The van der Waals surface area contributed by atoms with Gasteiger partial charge in [0.05, 0.1) is 49.2 Å². The van der Waals surface area contributed by atoms with Gasteiger partial charge >= 0.3 is 6.09 Å². The van der Waals surface area contributed by atoms with Crippen LogP contribution in [0.5, 0.6) is 5.75 Å². The summed E-state index contributed by atoms with van der Waals surface area (Å²) in [7, 11) is -5.91. The minimum atomic E-state index is -3.99. The molecule has 1 saturated heterocycles. The molecule has 0 unspecified atom stereocenters. The number of hydrogen-bond donors (Lipinski definition) is 3. The van der Waals surface area contributed by atoms with E-state index in [0.29, 0.717) is 18.6 Å². The number of ether oxygens (including phenoxy) is 3. The number of benzene rings is 2. The molecule has 0 radical (unpaired) electrons. The quantitative estimate of drug-likeness (QED) is 0.278. The van der Waals surface area contributed by atoms with Crippen molar-refractivity contribution in [1.29, 1.82) is 0 Å². The predicted octanol–water partition coefficient (Wildman–Crippen LogP) is 2.14. The number of amides is 1. The van der Waals surface area contributed by atoms with E-state index in [-0.39, 0.29) is 55.0 Å². The zero-order valence-electron chi connectivity index (χ0n) is 25.5. The van der Waals surface area contributed by atoms with E-state index in [1.54, 1.807) is 12.1 Å². The van der Waals surface area contributed by atoms with Gasteiger partial charge in [-0.25, -0.2) is 26.4 Å². The maximum absolute atomic E-state index is 13.7. The average molecular weight is 654 g/mol. The van der Waals surface area contributed by atoms with Crippen LogP contribution in [0.15, 0.2) is 59.5 Å². The lowest BCUT2D eigenvalue weighted by atomic mass is 10.0. The maximum Gasteiger partial charge on any atom is 0.407 e. The van der Waals surface area contributed by atoms with E-state index in [9.17, 15) is 26.7 Å². The van der Waals surface area contributed by atoms with Crippen molar-refractivity contribution in [3.63, 3.8) is 0 Å². The molecular formula is C30H43N3O9S2. The van der Waals surface area contributed by atoms with Crippen molar-refractivity contribution < 1.29 is 40.9 Å². The molecule has 1 saturated carbocycles. The summed E-state index contributed by atoms with van der Waals surface area (Å²) in [5.74, 6) is 0.358.